The molecule has 0 spiro atoms. The summed E-state index contributed by atoms with van der Waals surface area (Å²) in [5.41, 5.74) is 5.53. The lowest BCUT2D eigenvalue weighted by atomic mass is 9.95. The molecule has 7 heteroatoms. The highest BCUT2D eigenvalue weighted by Crippen LogP contribution is 2.36. The highest BCUT2D eigenvalue weighted by molar-refractivity contribution is 6.15. The van der Waals surface area contributed by atoms with Gasteiger partial charge in [0, 0.05) is 18.1 Å². The lowest BCUT2D eigenvalue weighted by molar-refractivity contribution is -0.131. The fourth-order valence-corrected chi connectivity index (χ4v) is 2.81. The van der Waals surface area contributed by atoms with Gasteiger partial charge in [-0.15, -0.1) is 0 Å². The van der Waals surface area contributed by atoms with E-state index in [4.69, 9.17) is 14.2 Å². The molecule has 0 aromatic heterocycles. The van der Waals surface area contributed by atoms with Crippen molar-refractivity contribution in [3.8, 4) is 17.2 Å². The molecule has 0 bridgehead atoms. The number of carbonyl (C=O) groups excluding carboxylic acids is 2. The van der Waals surface area contributed by atoms with Crippen LogP contribution in [0, 0.1) is 0 Å². The lowest BCUT2D eigenvalue weighted by Gasteiger charge is -2.10. The van der Waals surface area contributed by atoms with Crippen molar-refractivity contribution in [2.24, 2.45) is 5.10 Å². The van der Waals surface area contributed by atoms with Crippen LogP contribution in [0.3, 0.4) is 0 Å². The number of rotatable bonds is 2. The van der Waals surface area contributed by atoms with Crippen LogP contribution in [-0.2, 0) is 16.0 Å². The van der Waals surface area contributed by atoms with E-state index < -0.39 is 0 Å². The van der Waals surface area contributed by atoms with Gasteiger partial charge >= 0.3 is 5.97 Å². The number of amides is 1. The van der Waals surface area contributed by atoms with Crippen LogP contribution in [0.2, 0.25) is 0 Å². The highest BCUT2D eigenvalue weighted by atomic mass is 16.7. The third-order valence-corrected chi connectivity index (χ3v) is 3.89. The summed E-state index contributed by atoms with van der Waals surface area (Å²) in [6, 6.07) is 10.6. The van der Waals surface area contributed by atoms with E-state index in [-0.39, 0.29) is 25.1 Å². The van der Waals surface area contributed by atoms with Gasteiger partial charge in [0.05, 0.1) is 12.1 Å². The minimum absolute atomic E-state index is 0.161. The Labute approximate surface area is 143 Å². The van der Waals surface area contributed by atoms with Gasteiger partial charge < -0.3 is 14.2 Å². The molecule has 2 aromatic carbocycles. The molecule has 0 unspecified atom stereocenters. The zero-order chi connectivity index (χ0) is 17.4. The molecule has 0 aliphatic carbocycles. The van der Waals surface area contributed by atoms with Crippen LogP contribution in [-0.4, -0.2) is 24.4 Å². The maximum Gasteiger partial charge on any atom is 0.308 e. The van der Waals surface area contributed by atoms with Crippen LogP contribution in [0.4, 0.5) is 0 Å². The van der Waals surface area contributed by atoms with Crippen LogP contribution < -0.4 is 19.6 Å². The molecule has 0 atom stereocenters. The Morgan fingerprint density at radius 2 is 1.88 bits per heavy atom. The van der Waals surface area contributed by atoms with E-state index in [0.29, 0.717) is 23.0 Å². The number of fused-ring (bicyclic) bond motifs is 2. The Balaban J connectivity index is 1.77. The van der Waals surface area contributed by atoms with Gasteiger partial charge in [-0.25, -0.2) is 5.43 Å². The third kappa shape index (κ3) is 2.91. The normalized spacial score (nSPS) is 14.9. The second-order valence-electron chi connectivity index (χ2n) is 5.65. The molecule has 2 aliphatic rings. The largest absolute Gasteiger partial charge is 0.454 e. The average Bonchev–Trinajstić information content (AvgIpc) is 2.96. The highest BCUT2D eigenvalue weighted by Gasteiger charge is 2.24. The van der Waals surface area contributed by atoms with E-state index in [9.17, 15) is 9.59 Å². The first-order valence-corrected chi connectivity index (χ1v) is 7.68. The predicted octanol–water partition coefficient (Wildman–Crippen LogP) is 1.77. The monoisotopic (exact) mass is 338 g/mol. The van der Waals surface area contributed by atoms with Gasteiger partial charge in [-0.1, -0.05) is 0 Å². The van der Waals surface area contributed by atoms with E-state index in [1.807, 2.05) is 12.1 Å². The van der Waals surface area contributed by atoms with Crippen molar-refractivity contribution in [1.29, 1.82) is 0 Å². The molecule has 1 N–H and O–H groups in total. The van der Waals surface area contributed by atoms with Crippen molar-refractivity contribution in [3.05, 3.63) is 53.1 Å². The maximum absolute atomic E-state index is 12.0. The third-order valence-electron chi connectivity index (χ3n) is 3.89. The molecule has 0 fully saturated rings. The van der Waals surface area contributed by atoms with E-state index in [2.05, 4.69) is 10.5 Å². The Bertz CT molecular complexity index is 902. The molecule has 2 aliphatic heterocycles. The summed E-state index contributed by atoms with van der Waals surface area (Å²) in [7, 11) is 0. The zero-order valence-electron chi connectivity index (χ0n) is 13.4. The van der Waals surface area contributed by atoms with Gasteiger partial charge in [0.15, 0.2) is 11.5 Å². The van der Waals surface area contributed by atoms with Gasteiger partial charge in [0.1, 0.15) is 5.75 Å². The van der Waals surface area contributed by atoms with Gasteiger partial charge in [0.25, 0.3) is 0 Å². The minimum atomic E-state index is -0.384. The van der Waals surface area contributed by atoms with Crippen LogP contribution in [0.25, 0.3) is 0 Å². The SMILES string of the molecule is CC(=O)Oc1ccc(C2=NNC(=O)Cc3cc4c(cc32)OCO4)cc1. The van der Waals surface area contributed by atoms with Gasteiger partial charge in [0.2, 0.25) is 12.7 Å². The number of esters is 1. The molecule has 0 radical (unpaired) electrons. The second-order valence-corrected chi connectivity index (χ2v) is 5.65. The predicted molar refractivity (Wildman–Crippen MR) is 87.8 cm³/mol. The van der Waals surface area contributed by atoms with Crippen molar-refractivity contribution >= 4 is 17.6 Å². The standard InChI is InChI=1S/C18H14N2O5/c1-10(21)25-13-4-2-11(3-5-13)18-14-8-16-15(23-9-24-16)6-12(14)7-17(22)19-20-18/h2-6,8H,7,9H2,1H3,(H,19,22). The summed E-state index contributed by atoms with van der Waals surface area (Å²) in [6.07, 6.45) is 0.199. The first-order valence-electron chi connectivity index (χ1n) is 7.68. The lowest BCUT2D eigenvalue weighted by Crippen LogP contribution is -2.18. The molecule has 2 aromatic rings. The fraction of sp³-hybridized carbons (Fsp3) is 0.167. The Hall–Kier alpha value is -3.35. The van der Waals surface area contributed by atoms with E-state index >= 15 is 0 Å². The molecule has 126 valence electrons. The van der Waals surface area contributed by atoms with Crippen molar-refractivity contribution in [2.45, 2.75) is 13.3 Å². The summed E-state index contributed by atoms with van der Waals surface area (Å²) >= 11 is 0. The second kappa shape index (κ2) is 5.94. The summed E-state index contributed by atoms with van der Waals surface area (Å²) in [6.45, 7) is 1.51. The smallest absolute Gasteiger partial charge is 0.308 e. The molecule has 0 saturated carbocycles. The number of hydrogen-bond donors (Lipinski definition) is 1. The van der Waals surface area contributed by atoms with E-state index in [0.717, 1.165) is 16.7 Å². The van der Waals surface area contributed by atoms with Crippen molar-refractivity contribution in [3.63, 3.8) is 0 Å². The summed E-state index contributed by atoms with van der Waals surface area (Å²) in [5.74, 6) is 1.10. The molecule has 2 heterocycles. The van der Waals surface area contributed by atoms with Crippen molar-refractivity contribution in [2.75, 3.05) is 6.79 Å². The quantitative estimate of drug-likeness (QED) is 0.666. The average molecular weight is 338 g/mol. The number of hydrazone groups is 1. The Kier molecular flexibility index (Phi) is 3.61. The van der Waals surface area contributed by atoms with Crippen LogP contribution in [0.1, 0.15) is 23.6 Å². The topological polar surface area (TPSA) is 86.2 Å². The number of nitrogens with zero attached hydrogens (tertiary/aromatic N) is 1. The van der Waals surface area contributed by atoms with Crippen molar-refractivity contribution < 1.29 is 23.8 Å². The molecule has 4 rings (SSSR count). The van der Waals surface area contributed by atoms with Gasteiger partial charge in [-0.3, -0.25) is 9.59 Å². The van der Waals surface area contributed by atoms with Crippen LogP contribution in [0.15, 0.2) is 41.5 Å². The molecular weight excluding hydrogens is 324 g/mol. The van der Waals surface area contributed by atoms with E-state index in [1.54, 1.807) is 24.3 Å². The summed E-state index contributed by atoms with van der Waals surface area (Å²) in [5, 5.41) is 4.24. The zero-order valence-corrected chi connectivity index (χ0v) is 13.4. The fourth-order valence-electron chi connectivity index (χ4n) is 2.81. The molecular formula is C18H14N2O5. The maximum atomic E-state index is 12.0. The van der Waals surface area contributed by atoms with E-state index in [1.165, 1.54) is 6.92 Å². The number of carbonyl (C=O) groups is 2. The number of nitrogens with one attached hydrogen (secondary N) is 1. The first kappa shape index (κ1) is 15.2. The van der Waals surface area contributed by atoms with Gasteiger partial charge in [-0.05, 0) is 42.0 Å². The van der Waals surface area contributed by atoms with Crippen LogP contribution >= 0.6 is 0 Å². The Morgan fingerprint density at radius 3 is 2.60 bits per heavy atom. The molecule has 25 heavy (non-hydrogen) atoms. The minimum Gasteiger partial charge on any atom is -0.454 e. The number of ether oxygens (including phenoxy) is 3. The number of benzene rings is 2. The molecule has 1 amide bonds. The number of hydrogen-bond acceptors (Lipinski definition) is 6. The van der Waals surface area contributed by atoms with Gasteiger partial charge in [-0.2, -0.15) is 5.10 Å². The Morgan fingerprint density at radius 1 is 1.16 bits per heavy atom. The van der Waals surface area contributed by atoms with Crippen LogP contribution in [0.5, 0.6) is 17.2 Å². The van der Waals surface area contributed by atoms with Crippen molar-refractivity contribution in [1.82, 2.24) is 5.43 Å². The first-order chi connectivity index (χ1) is 12.1. The summed E-state index contributed by atoms with van der Waals surface area (Å²) < 4.78 is 15.9. The summed E-state index contributed by atoms with van der Waals surface area (Å²) in [4.78, 5) is 23.0. The molecule has 0 saturated heterocycles. The molecule has 7 nitrogen and oxygen atoms in total.